The molecule has 0 saturated heterocycles. The Morgan fingerprint density at radius 2 is 1.95 bits per heavy atom. The first kappa shape index (κ1) is 16.5. The zero-order valence-electron chi connectivity index (χ0n) is 14.0. The molecule has 0 heterocycles. The zero-order chi connectivity index (χ0) is 14.8. The Labute approximate surface area is 120 Å². The van der Waals surface area contributed by atoms with E-state index in [4.69, 9.17) is 5.73 Å². The summed E-state index contributed by atoms with van der Waals surface area (Å²) in [6, 6.07) is 0. The average molecular weight is 263 g/mol. The molecular weight excluding hydrogens is 230 g/mol. The van der Waals surface area contributed by atoms with Crippen molar-refractivity contribution in [2.45, 2.75) is 66.8 Å². The summed E-state index contributed by atoms with van der Waals surface area (Å²) in [6.45, 7) is 15.8. The van der Waals surface area contributed by atoms with Crippen LogP contribution in [0.25, 0.3) is 0 Å². The number of hydrogen-bond donors (Lipinski definition) is 1. The molecule has 2 N–H and O–H groups in total. The molecule has 0 bridgehead atoms. The van der Waals surface area contributed by atoms with E-state index in [1.165, 1.54) is 18.4 Å². The van der Waals surface area contributed by atoms with Gasteiger partial charge in [-0.3, -0.25) is 0 Å². The summed E-state index contributed by atoms with van der Waals surface area (Å²) in [5.74, 6) is 1.59. The van der Waals surface area contributed by atoms with Gasteiger partial charge in [0.05, 0.1) is 0 Å². The van der Waals surface area contributed by atoms with Crippen molar-refractivity contribution in [3.05, 3.63) is 23.8 Å². The summed E-state index contributed by atoms with van der Waals surface area (Å²) < 4.78 is 0. The summed E-state index contributed by atoms with van der Waals surface area (Å²) in [7, 11) is 0. The molecule has 19 heavy (non-hydrogen) atoms. The minimum absolute atomic E-state index is 0.114. The molecule has 3 atom stereocenters. The maximum Gasteiger partial charge on any atom is 0.0128 e. The van der Waals surface area contributed by atoms with Gasteiger partial charge in [-0.1, -0.05) is 51.5 Å². The van der Waals surface area contributed by atoms with Crippen molar-refractivity contribution in [3.8, 4) is 0 Å². The van der Waals surface area contributed by atoms with E-state index < -0.39 is 0 Å². The fourth-order valence-corrected chi connectivity index (χ4v) is 3.11. The molecule has 0 aromatic rings. The normalized spacial score (nSPS) is 27.2. The molecule has 1 heteroatoms. The van der Waals surface area contributed by atoms with Gasteiger partial charge < -0.3 is 5.73 Å². The molecule has 0 spiro atoms. The monoisotopic (exact) mass is 263 g/mol. The SMILES string of the molecule is CC1=CCCC(C)(C)C1C=CC(C)C(C)C(C)(C)N. The molecule has 1 aliphatic carbocycles. The van der Waals surface area contributed by atoms with Crippen LogP contribution in [0.4, 0.5) is 0 Å². The first-order chi connectivity index (χ1) is 8.55. The molecule has 1 aliphatic rings. The van der Waals surface area contributed by atoms with Gasteiger partial charge in [-0.2, -0.15) is 0 Å². The summed E-state index contributed by atoms with van der Waals surface area (Å²) in [6.07, 6.45) is 9.73. The molecule has 0 aromatic carbocycles. The van der Waals surface area contributed by atoms with E-state index in [9.17, 15) is 0 Å². The molecular formula is C18H33N. The van der Waals surface area contributed by atoms with Crippen LogP contribution in [0.15, 0.2) is 23.8 Å². The fourth-order valence-electron chi connectivity index (χ4n) is 3.11. The van der Waals surface area contributed by atoms with E-state index in [1.807, 2.05) is 0 Å². The summed E-state index contributed by atoms with van der Waals surface area (Å²) in [5.41, 5.74) is 8.02. The summed E-state index contributed by atoms with van der Waals surface area (Å²) in [4.78, 5) is 0. The van der Waals surface area contributed by atoms with Crippen molar-refractivity contribution in [3.63, 3.8) is 0 Å². The van der Waals surface area contributed by atoms with Gasteiger partial charge in [0.25, 0.3) is 0 Å². The van der Waals surface area contributed by atoms with Gasteiger partial charge in [-0.15, -0.1) is 0 Å². The van der Waals surface area contributed by atoms with Crippen LogP contribution in [0.5, 0.6) is 0 Å². The summed E-state index contributed by atoms with van der Waals surface area (Å²) in [5, 5.41) is 0. The third-order valence-corrected chi connectivity index (χ3v) is 5.16. The van der Waals surface area contributed by atoms with Crippen LogP contribution in [0.2, 0.25) is 0 Å². The third-order valence-electron chi connectivity index (χ3n) is 5.16. The van der Waals surface area contributed by atoms with Gasteiger partial charge in [0.2, 0.25) is 0 Å². The van der Waals surface area contributed by atoms with Gasteiger partial charge in [-0.05, 0) is 50.9 Å². The van der Waals surface area contributed by atoms with E-state index in [0.29, 0.717) is 23.2 Å². The van der Waals surface area contributed by atoms with Crippen LogP contribution < -0.4 is 5.73 Å². The Morgan fingerprint density at radius 1 is 1.37 bits per heavy atom. The largest absolute Gasteiger partial charge is 0.325 e. The molecule has 0 saturated carbocycles. The van der Waals surface area contributed by atoms with E-state index in [-0.39, 0.29) is 5.54 Å². The molecule has 0 aromatic heterocycles. The van der Waals surface area contributed by atoms with Crippen LogP contribution in [0.1, 0.15) is 61.3 Å². The van der Waals surface area contributed by atoms with Gasteiger partial charge in [0, 0.05) is 11.5 Å². The lowest BCUT2D eigenvalue weighted by atomic mass is 9.68. The second kappa shape index (κ2) is 5.83. The average Bonchev–Trinajstić information content (AvgIpc) is 2.24. The molecule has 0 radical (unpaired) electrons. The number of hydrogen-bond acceptors (Lipinski definition) is 1. The molecule has 110 valence electrons. The molecule has 1 rings (SSSR count). The van der Waals surface area contributed by atoms with Crippen LogP contribution >= 0.6 is 0 Å². The van der Waals surface area contributed by atoms with Crippen molar-refractivity contribution in [2.75, 3.05) is 0 Å². The predicted molar refractivity (Wildman–Crippen MR) is 86.0 cm³/mol. The standard InChI is InChI=1S/C18H33N/c1-13(15(3)18(6,7)19)10-11-16-14(2)9-8-12-17(16,4)5/h9-11,13,15-16H,8,12,19H2,1-7H3. The highest BCUT2D eigenvalue weighted by Crippen LogP contribution is 2.42. The van der Waals surface area contributed by atoms with Gasteiger partial charge in [-0.25, -0.2) is 0 Å². The first-order valence-corrected chi connectivity index (χ1v) is 7.69. The Hall–Kier alpha value is -0.560. The van der Waals surface area contributed by atoms with Crippen molar-refractivity contribution >= 4 is 0 Å². The van der Waals surface area contributed by atoms with Gasteiger partial charge >= 0.3 is 0 Å². The molecule has 0 amide bonds. The highest BCUT2D eigenvalue weighted by Gasteiger charge is 2.31. The summed E-state index contributed by atoms with van der Waals surface area (Å²) >= 11 is 0. The highest BCUT2D eigenvalue weighted by molar-refractivity contribution is 5.19. The Kier molecular flexibility index (Phi) is 5.06. The lowest BCUT2D eigenvalue weighted by Gasteiger charge is -2.37. The van der Waals surface area contributed by atoms with E-state index in [0.717, 1.165) is 0 Å². The van der Waals surface area contributed by atoms with Crippen molar-refractivity contribution in [1.29, 1.82) is 0 Å². The Bertz CT molecular complexity index is 354. The lowest BCUT2D eigenvalue weighted by Crippen LogP contribution is -2.42. The maximum atomic E-state index is 6.22. The van der Waals surface area contributed by atoms with Crippen LogP contribution in [-0.4, -0.2) is 5.54 Å². The van der Waals surface area contributed by atoms with Crippen molar-refractivity contribution < 1.29 is 0 Å². The van der Waals surface area contributed by atoms with Gasteiger partial charge in [0.1, 0.15) is 0 Å². The van der Waals surface area contributed by atoms with E-state index in [2.05, 4.69) is 66.7 Å². The molecule has 1 nitrogen and oxygen atoms in total. The maximum absolute atomic E-state index is 6.22. The van der Waals surface area contributed by atoms with Crippen molar-refractivity contribution in [2.24, 2.45) is 28.9 Å². The predicted octanol–water partition coefficient (Wildman–Crippen LogP) is 4.93. The van der Waals surface area contributed by atoms with E-state index in [1.54, 1.807) is 0 Å². The Balaban J connectivity index is 2.80. The Morgan fingerprint density at radius 3 is 2.42 bits per heavy atom. The zero-order valence-corrected chi connectivity index (χ0v) is 14.0. The molecule has 0 aliphatic heterocycles. The molecule has 0 fully saturated rings. The number of rotatable bonds is 4. The lowest BCUT2D eigenvalue weighted by molar-refractivity contribution is 0.251. The van der Waals surface area contributed by atoms with Crippen LogP contribution in [0.3, 0.4) is 0 Å². The van der Waals surface area contributed by atoms with Crippen LogP contribution in [-0.2, 0) is 0 Å². The van der Waals surface area contributed by atoms with Crippen molar-refractivity contribution in [1.82, 2.24) is 0 Å². The first-order valence-electron chi connectivity index (χ1n) is 7.69. The second-order valence-corrected chi connectivity index (χ2v) is 7.81. The quantitative estimate of drug-likeness (QED) is 0.715. The highest BCUT2D eigenvalue weighted by atomic mass is 14.7. The third kappa shape index (κ3) is 4.21. The topological polar surface area (TPSA) is 26.0 Å². The minimum Gasteiger partial charge on any atom is -0.325 e. The number of nitrogens with two attached hydrogens (primary N) is 1. The van der Waals surface area contributed by atoms with Gasteiger partial charge in [0.15, 0.2) is 0 Å². The van der Waals surface area contributed by atoms with Crippen LogP contribution in [0, 0.1) is 23.2 Å². The number of allylic oxidation sites excluding steroid dienone is 4. The minimum atomic E-state index is -0.114. The smallest absolute Gasteiger partial charge is 0.0128 e. The van der Waals surface area contributed by atoms with E-state index >= 15 is 0 Å². The fraction of sp³-hybridized carbons (Fsp3) is 0.778. The second-order valence-electron chi connectivity index (χ2n) is 7.81. The molecule has 3 unspecified atom stereocenters.